The molecule has 9 heteroatoms. The van der Waals surface area contributed by atoms with E-state index in [1.807, 2.05) is 43.3 Å². The lowest BCUT2D eigenvalue weighted by Gasteiger charge is -2.10. The van der Waals surface area contributed by atoms with Gasteiger partial charge in [-0.3, -0.25) is 14.9 Å². The predicted octanol–water partition coefficient (Wildman–Crippen LogP) is 5.73. The second-order valence-corrected chi connectivity index (χ2v) is 8.23. The lowest BCUT2D eigenvalue weighted by molar-refractivity contribution is 0.0524. The van der Waals surface area contributed by atoms with Crippen LogP contribution in [0.15, 0.2) is 65.1 Å². The number of anilines is 3. The third-order valence-corrected chi connectivity index (χ3v) is 5.45. The summed E-state index contributed by atoms with van der Waals surface area (Å²) in [4.78, 5) is 46.7. The number of amides is 1. The molecule has 2 heterocycles. The SMILES string of the molecule is CCOC(=O)c1c(NC(=O)c2cccc(Nc3cc(-c4ccccc4)nc(C)n3)c2)oc(C)c1C(C)=O. The molecule has 2 aromatic carbocycles. The van der Waals surface area contributed by atoms with Crippen LogP contribution >= 0.6 is 0 Å². The first-order valence-electron chi connectivity index (χ1n) is 11.7. The van der Waals surface area contributed by atoms with Gasteiger partial charge in [0.1, 0.15) is 23.0 Å². The van der Waals surface area contributed by atoms with Gasteiger partial charge >= 0.3 is 5.97 Å². The Kier molecular flexibility index (Phi) is 7.43. The molecule has 0 unspecified atom stereocenters. The quantitative estimate of drug-likeness (QED) is 0.233. The molecule has 2 aromatic heterocycles. The van der Waals surface area contributed by atoms with Crippen LogP contribution in [0.3, 0.4) is 0 Å². The van der Waals surface area contributed by atoms with E-state index in [-0.39, 0.29) is 35.2 Å². The molecule has 4 rings (SSSR count). The van der Waals surface area contributed by atoms with Crippen LogP contribution in [0.2, 0.25) is 0 Å². The number of aromatic nitrogens is 2. The molecule has 0 fully saturated rings. The van der Waals surface area contributed by atoms with Gasteiger partial charge in [-0.25, -0.2) is 14.8 Å². The lowest BCUT2D eigenvalue weighted by atomic mass is 10.1. The minimum absolute atomic E-state index is 0.0810. The Bertz CT molecular complexity index is 1480. The van der Waals surface area contributed by atoms with Crippen LogP contribution in [-0.2, 0) is 4.74 Å². The van der Waals surface area contributed by atoms with E-state index in [2.05, 4.69) is 20.6 Å². The third kappa shape index (κ3) is 5.72. The molecular formula is C28H26N4O5. The zero-order chi connectivity index (χ0) is 26.5. The molecule has 1 amide bonds. The van der Waals surface area contributed by atoms with Crippen molar-refractivity contribution >= 4 is 35.0 Å². The molecule has 0 aliphatic rings. The summed E-state index contributed by atoms with van der Waals surface area (Å²) < 4.78 is 10.6. The molecule has 0 saturated carbocycles. The van der Waals surface area contributed by atoms with Gasteiger partial charge in [0, 0.05) is 22.9 Å². The fourth-order valence-corrected chi connectivity index (χ4v) is 3.90. The molecule has 0 aliphatic heterocycles. The number of esters is 1. The number of carbonyl (C=O) groups excluding carboxylic acids is 3. The first-order valence-corrected chi connectivity index (χ1v) is 11.7. The summed E-state index contributed by atoms with van der Waals surface area (Å²) in [5.74, 6) is -0.394. The number of Topliss-reactive ketones (excluding diaryl/α,β-unsaturated/α-hetero) is 1. The smallest absolute Gasteiger partial charge is 0.344 e. The van der Waals surface area contributed by atoms with Gasteiger partial charge in [-0.15, -0.1) is 0 Å². The number of furan rings is 1. The van der Waals surface area contributed by atoms with Crippen LogP contribution in [0.25, 0.3) is 11.3 Å². The molecule has 2 N–H and O–H groups in total. The topological polar surface area (TPSA) is 123 Å². The van der Waals surface area contributed by atoms with Crippen molar-refractivity contribution in [2.24, 2.45) is 0 Å². The minimum atomic E-state index is -0.747. The van der Waals surface area contributed by atoms with Crippen LogP contribution < -0.4 is 10.6 Å². The zero-order valence-corrected chi connectivity index (χ0v) is 20.9. The summed E-state index contributed by atoms with van der Waals surface area (Å²) in [6.07, 6.45) is 0. The zero-order valence-electron chi connectivity index (χ0n) is 20.9. The van der Waals surface area contributed by atoms with E-state index >= 15 is 0 Å². The number of nitrogens with one attached hydrogen (secondary N) is 2. The summed E-state index contributed by atoms with van der Waals surface area (Å²) in [6.45, 7) is 6.43. The number of hydrogen-bond donors (Lipinski definition) is 2. The third-order valence-electron chi connectivity index (χ3n) is 5.45. The highest BCUT2D eigenvalue weighted by Crippen LogP contribution is 2.29. The summed E-state index contributed by atoms with van der Waals surface area (Å²) in [7, 11) is 0. The van der Waals surface area contributed by atoms with Gasteiger partial charge in [0.05, 0.1) is 17.9 Å². The van der Waals surface area contributed by atoms with Gasteiger partial charge < -0.3 is 14.5 Å². The van der Waals surface area contributed by atoms with E-state index in [1.54, 1.807) is 38.1 Å². The number of ether oxygens (including phenoxy) is 1. The predicted molar refractivity (Wildman–Crippen MR) is 139 cm³/mol. The molecule has 0 radical (unpaired) electrons. The van der Waals surface area contributed by atoms with Crippen LogP contribution in [0, 0.1) is 13.8 Å². The monoisotopic (exact) mass is 498 g/mol. The summed E-state index contributed by atoms with van der Waals surface area (Å²) in [6, 6.07) is 18.3. The largest absolute Gasteiger partial charge is 0.462 e. The summed E-state index contributed by atoms with van der Waals surface area (Å²) in [5, 5.41) is 5.82. The number of aryl methyl sites for hydroxylation is 2. The van der Waals surface area contributed by atoms with Gasteiger partial charge in [-0.1, -0.05) is 36.4 Å². The van der Waals surface area contributed by atoms with Crippen LogP contribution in [0.5, 0.6) is 0 Å². The number of benzene rings is 2. The normalized spacial score (nSPS) is 10.6. The molecule has 0 saturated heterocycles. The van der Waals surface area contributed by atoms with E-state index < -0.39 is 11.9 Å². The standard InChI is InChI=1S/C28H26N4O5/c1-5-36-28(35)25-24(16(2)33)17(3)37-27(25)32-26(34)20-12-9-13-21(14-20)31-23-15-22(29-18(4)30-23)19-10-7-6-8-11-19/h6-15H,5H2,1-4H3,(H,32,34)(H,29,30,31). The number of ketones is 1. The van der Waals surface area contributed by atoms with E-state index in [0.29, 0.717) is 22.9 Å². The first-order chi connectivity index (χ1) is 17.8. The van der Waals surface area contributed by atoms with Gasteiger partial charge in [0.15, 0.2) is 5.78 Å². The van der Waals surface area contributed by atoms with Crippen molar-refractivity contribution in [2.75, 3.05) is 17.2 Å². The van der Waals surface area contributed by atoms with Crippen LogP contribution in [0.4, 0.5) is 17.4 Å². The summed E-state index contributed by atoms with van der Waals surface area (Å²) >= 11 is 0. The fraction of sp³-hybridized carbons (Fsp3) is 0.179. The van der Waals surface area contributed by atoms with Crippen molar-refractivity contribution in [1.29, 1.82) is 0 Å². The number of hydrogen-bond acceptors (Lipinski definition) is 8. The first kappa shape index (κ1) is 25.3. The second kappa shape index (κ2) is 10.9. The average Bonchev–Trinajstić information content (AvgIpc) is 3.20. The molecule has 188 valence electrons. The van der Waals surface area contributed by atoms with Gasteiger partial charge in [0.25, 0.3) is 5.91 Å². The Hall–Kier alpha value is -4.79. The Morgan fingerprint density at radius 1 is 0.946 bits per heavy atom. The van der Waals surface area contributed by atoms with E-state index in [0.717, 1.165) is 11.3 Å². The lowest BCUT2D eigenvalue weighted by Crippen LogP contribution is -2.16. The highest BCUT2D eigenvalue weighted by molar-refractivity contribution is 6.12. The van der Waals surface area contributed by atoms with E-state index in [1.165, 1.54) is 6.92 Å². The van der Waals surface area contributed by atoms with E-state index in [4.69, 9.17) is 9.15 Å². The molecule has 0 bridgehead atoms. The van der Waals surface area contributed by atoms with Crippen molar-refractivity contribution < 1.29 is 23.5 Å². The molecule has 37 heavy (non-hydrogen) atoms. The molecule has 0 aliphatic carbocycles. The average molecular weight is 499 g/mol. The molecule has 9 nitrogen and oxygen atoms in total. The molecule has 4 aromatic rings. The van der Waals surface area contributed by atoms with Crippen molar-refractivity contribution in [3.05, 3.63) is 88.9 Å². The Labute approximate surface area is 213 Å². The van der Waals surface area contributed by atoms with Crippen LogP contribution in [-0.4, -0.2) is 34.2 Å². The number of rotatable bonds is 8. The summed E-state index contributed by atoms with van der Waals surface area (Å²) in [5.41, 5.74) is 2.63. The molecular weight excluding hydrogens is 472 g/mol. The van der Waals surface area contributed by atoms with Gasteiger partial charge in [-0.2, -0.15) is 0 Å². The maximum Gasteiger partial charge on any atom is 0.344 e. The maximum atomic E-state index is 13.1. The highest BCUT2D eigenvalue weighted by Gasteiger charge is 2.29. The Morgan fingerprint density at radius 2 is 1.70 bits per heavy atom. The highest BCUT2D eigenvalue weighted by atomic mass is 16.5. The van der Waals surface area contributed by atoms with Gasteiger partial charge in [0.2, 0.25) is 5.88 Å². The van der Waals surface area contributed by atoms with Crippen molar-refractivity contribution in [3.8, 4) is 11.3 Å². The Balaban J connectivity index is 1.59. The van der Waals surface area contributed by atoms with Crippen molar-refractivity contribution in [2.45, 2.75) is 27.7 Å². The Morgan fingerprint density at radius 3 is 2.41 bits per heavy atom. The van der Waals surface area contributed by atoms with E-state index in [9.17, 15) is 14.4 Å². The molecule has 0 atom stereocenters. The number of carbonyl (C=O) groups is 3. The maximum absolute atomic E-state index is 13.1. The van der Waals surface area contributed by atoms with Crippen LogP contribution in [0.1, 0.15) is 56.5 Å². The van der Waals surface area contributed by atoms with Gasteiger partial charge in [-0.05, 0) is 45.9 Å². The molecule has 0 spiro atoms. The number of nitrogens with zero attached hydrogens (tertiary/aromatic N) is 2. The van der Waals surface area contributed by atoms with Crippen molar-refractivity contribution in [1.82, 2.24) is 9.97 Å². The fourth-order valence-electron chi connectivity index (χ4n) is 3.90. The second-order valence-electron chi connectivity index (χ2n) is 8.23. The van der Waals surface area contributed by atoms with Crippen molar-refractivity contribution in [3.63, 3.8) is 0 Å². The minimum Gasteiger partial charge on any atom is -0.462 e.